The van der Waals surface area contributed by atoms with Gasteiger partial charge in [-0.2, -0.15) is 0 Å². The Hall–Kier alpha value is -1.35. The van der Waals surface area contributed by atoms with E-state index in [1.165, 1.54) is 0 Å². The molecule has 16 heavy (non-hydrogen) atoms. The first-order valence-corrected chi connectivity index (χ1v) is 5.34. The Morgan fingerprint density at radius 1 is 1.38 bits per heavy atom. The van der Waals surface area contributed by atoms with Crippen LogP contribution in [-0.2, 0) is 11.2 Å². The minimum absolute atomic E-state index is 0.420. The second kappa shape index (κ2) is 4.66. The summed E-state index contributed by atoms with van der Waals surface area (Å²) in [4.78, 5) is 11.0. The fourth-order valence-corrected chi connectivity index (χ4v) is 1.65. The molecule has 1 aromatic carbocycles. The van der Waals surface area contributed by atoms with E-state index in [4.69, 9.17) is 5.11 Å². The Morgan fingerprint density at radius 2 is 1.94 bits per heavy atom. The van der Waals surface area contributed by atoms with Crippen molar-refractivity contribution < 1.29 is 15.0 Å². The van der Waals surface area contributed by atoms with Gasteiger partial charge in [-0.25, -0.2) is 0 Å². The van der Waals surface area contributed by atoms with Gasteiger partial charge in [-0.05, 0) is 38.3 Å². The molecule has 2 N–H and O–H groups in total. The van der Waals surface area contributed by atoms with Crippen molar-refractivity contribution in [3.8, 4) is 0 Å². The summed E-state index contributed by atoms with van der Waals surface area (Å²) in [7, 11) is 0. The van der Waals surface area contributed by atoms with Crippen molar-refractivity contribution in [2.75, 3.05) is 0 Å². The average Bonchev–Trinajstić information content (AvgIpc) is 2.17. The number of aliphatic carboxylic acids is 1. The van der Waals surface area contributed by atoms with Crippen LogP contribution in [0.3, 0.4) is 0 Å². The van der Waals surface area contributed by atoms with Crippen molar-refractivity contribution in [2.45, 2.75) is 33.3 Å². The van der Waals surface area contributed by atoms with Gasteiger partial charge in [0, 0.05) is 0 Å². The third-order valence-electron chi connectivity index (χ3n) is 2.72. The second-order valence-electron chi connectivity index (χ2n) is 4.74. The highest BCUT2D eigenvalue weighted by Crippen LogP contribution is 2.26. The van der Waals surface area contributed by atoms with Crippen LogP contribution in [0.25, 0.3) is 0 Å². The van der Waals surface area contributed by atoms with Gasteiger partial charge in [-0.15, -0.1) is 0 Å². The lowest BCUT2D eigenvalue weighted by Crippen LogP contribution is -2.26. The van der Waals surface area contributed by atoms with E-state index in [-0.39, 0.29) is 0 Å². The van der Waals surface area contributed by atoms with Crippen LogP contribution in [0.15, 0.2) is 24.3 Å². The molecule has 0 spiro atoms. The molecule has 0 fully saturated rings. The maximum atomic E-state index is 11.0. The van der Waals surface area contributed by atoms with Crippen molar-refractivity contribution >= 4 is 5.97 Å². The first-order valence-electron chi connectivity index (χ1n) is 5.34. The lowest BCUT2D eigenvalue weighted by atomic mass is 9.83. The number of hydrogen-bond acceptors (Lipinski definition) is 2. The largest absolute Gasteiger partial charge is 0.481 e. The lowest BCUT2D eigenvalue weighted by molar-refractivity contribution is -0.146. The Morgan fingerprint density at radius 3 is 2.44 bits per heavy atom. The molecule has 88 valence electrons. The molecule has 1 unspecified atom stereocenters. The Kier molecular flexibility index (Phi) is 3.70. The summed E-state index contributed by atoms with van der Waals surface area (Å²) in [6.45, 7) is 5.06. The van der Waals surface area contributed by atoms with E-state index in [1.54, 1.807) is 20.8 Å². The van der Waals surface area contributed by atoms with Crippen LogP contribution in [0, 0.1) is 5.41 Å². The summed E-state index contributed by atoms with van der Waals surface area (Å²) in [5, 5.41) is 18.7. The topological polar surface area (TPSA) is 57.5 Å². The summed E-state index contributed by atoms with van der Waals surface area (Å²) in [6, 6.07) is 7.41. The Balaban J connectivity index is 3.01. The number of hydrogen-bond donors (Lipinski definition) is 2. The van der Waals surface area contributed by atoms with Crippen LogP contribution in [0.5, 0.6) is 0 Å². The third-order valence-corrected chi connectivity index (χ3v) is 2.72. The number of aliphatic hydroxyl groups excluding tert-OH is 1. The molecule has 0 saturated carbocycles. The van der Waals surface area contributed by atoms with Crippen molar-refractivity contribution in [1.29, 1.82) is 0 Å². The number of carboxylic acids is 1. The van der Waals surface area contributed by atoms with Gasteiger partial charge >= 0.3 is 5.97 Å². The molecule has 0 saturated heterocycles. The molecule has 1 aromatic rings. The predicted molar refractivity (Wildman–Crippen MR) is 62.2 cm³/mol. The molecule has 0 radical (unpaired) electrons. The molecule has 0 aromatic heterocycles. The number of aliphatic hydroxyl groups is 1. The second-order valence-corrected chi connectivity index (χ2v) is 4.74. The highest BCUT2D eigenvalue weighted by molar-refractivity contribution is 5.74. The molecule has 0 bridgehead atoms. The van der Waals surface area contributed by atoms with Crippen LogP contribution in [0.1, 0.15) is 38.0 Å². The molecule has 3 heteroatoms. The van der Waals surface area contributed by atoms with Crippen LogP contribution in [0.2, 0.25) is 0 Å². The standard InChI is InChI=1S/C13H18O3/c1-9(14)11-7-5-4-6-10(11)8-13(2,3)12(15)16/h4-7,9,14H,8H2,1-3H3,(H,15,16). The minimum atomic E-state index is -0.826. The van der Waals surface area contributed by atoms with Gasteiger partial charge in [-0.1, -0.05) is 24.3 Å². The normalized spacial score (nSPS) is 13.5. The summed E-state index contributed by atoms with van der Waals surface area (Å²) < 4.78 is 0. The summed E-state index contributed by atoms with van der Waals surface area (Å²) in [6.07, 6.45) is -0.149. The van der Waals surface area contributed by atoms with Crippen molar-refractivity contribution in [3.63, 3.8) is 0 Å². The smallest absolute Gasteiger partial charge is 0.309 e. The predicted octanol–water partition coefficient (Wildman–Crippen LogP) is 2.39. The molecule has 0 aliphatic rings. The third kappa shape index (κ3) is 2.83. The van der Waals surface area contributed by atoms with Gasteiger partial charge < -0.3 is 10.2 Å². The first kappa shape index (κ1) is 12.7. The van der Waals surface area contributed by atoms with E-state index in [0.717, 1.165) is 11.1 Å². The molecule has 0 heterocycles. The maximum Gasteiger partial charge on any atom is 0.309 e. The first-order chi connectivity index (χ1) is 7.34. The van der Waals surface area contributed by atoms with Crippen LogP contribution < -0.4 is 0 Å². The quantitative estimate of drug-likeness (QED) is 0.822. The van der Waals surface area contributed by atoms with Crippen LogP contribution >= 0.6 is 0 Å². The molecule has 0 aliphatic carbocycles. The lowest BCUT2D eigenvalue weighted by Gasteiger charge is -2.21. The molecule has 3 nitrogen and oxygen atoms in total. The fourth-order valence-electron chi connectivity index (χ4n) is 1.65. The Bertz CT molecular complexity index is 381. The monoisotopic (exact) mass is 222 g/mol. The number of benzene rings is 1. The average molecular weight is 222 g/mol. The molecule has 1 rings (SSSR count). The van der Waals surface area contributed by atoms with Crippen molar-refractivity contribution in [3.05, 3.63) is 35.4 Å². The molecular weight excluding hydrogens is 204 g/mol. The summed E-state index contributed by atoms with van der Waals surface area (Å²) >= 11 is 0. The number of rotatable bonds is 4. The zero-order valence-corrected chi connectivity index (χ0v) is 9.90. The molecule has 0 aliphatic heterocycles. The fraction of sp³-hybridized carbons (Fsp3) is 0.462. The number of carbonyl (C=O) groups is 1. The van der Waals surface area contributed by atoms with Gasteiger partial charge in [0.15, 0.2) is 0 Å². The van der Waals surface area contributed by atoms with E-state index in [2.05, 4.69) is 0 Å². The van der Waals surface area contributed by atoms with Crippen molar-refractivity contribution in [2.24, 2.45) is 5.41 Å². The van der Waals surface area contributed by atoms with Crippen LogP contribution in [0.4, 0.5) is 0 Å². The van der Waals surface area contributed by atoms with Gasteiger partial charge in [-0.3, -0.25) is 4.79 Å². The van der Waals surface area contributed by atoms with E-state index in [0.29, 0.717) is 6.42 Å². The maximum absolute atomic E-state index is 11.0. The summed E-state index contributed by atoms with van der Waals surface area (Å²) in [5.41, 5.74) is 0.882. The minimum Gasteiger partial charge on any atom is -0.481 e. The zero-order chi connectivity index (χ0) is 12.3. The van der Waals surface area contributed by atoms with Crippen molar-refractivity contribution in [1.82, 2.24) is 0 Å². The van der Waals surface area contributed by atoms with E-state index >= 15 is 0 Å². The van der Waals surface area contributed by atoms with Gasteiger partial charge in [0.1, 0.15) is 0 Å². The molecular formula is C13H18O3. The van der Waals surface area contributed by atoms with E-state index in [9.17, 15) is 9.90 Å². The van der Waals surface area contributed by atoms with E-state index in [1.807, 2.05) is 24.3 Å². The van der Waals surface area contributed by atoms with Crippen LogP contribution in [-0.4, -0.2) is 16.2 Å². The summed E-state index contributed by atoms with van der Waals surface area (Å²) in [5.74, 6) is -0.826. The highest BCUT2D eigenvalue weighted by atomic mass is 16.4. The van der Waals surface area contributed by atoms with Gasteiger partial charge in [0.05, 0.1) is 11.5 Å². The van der Waals surface area contributed by atoms with E-state index < -0.39 is 17.5 Å². The van der Waals surface area contributed by atoms with Gasteiger partial charge in [0.2, 0.25) is 0 Å². The Labute approximate surface area is 95.7 Å². The molecule has 0 amide bonds. The zero-order valence-electron chi connectivity index (χ0n) is 9.90. The molecule has 1 atom stereocenters. The SMILES string of the molecule is CC(O)c1ccccc1CC(C)(C)C(=O)O. The van der Waals surface area contributed by atoms with Gasteiger partial charge in [0.25, 0.3) is 0 Å². The number of carboxylic acid groups (broad SMARTS) is 1. The highest BCUT2D eigenvalue weighted by Gasteiger charge is 2.28.